The van der Waals surface area contributed by atoms with E-state index in [9.17, 15) is 14.7 Å². The van der Waals surface area contributed by atoms with E-state index < -0.39 is 17.7 Å². The predicted octanol–water partition coefficient (Wildman–Crippen LogP) is 4.52. The summed E-state index contributed by atoms with van der Waals surface area (Å²) >= 11 is 0. The molecule has 1 saturated heterocycles. The minimum Gasteiger partial charge on any atom is -0.507 e. The number of aliphatic hydroxyl groups excluding tert-OH is 1. The monoisotopic (exact) mass is 373 g/mol. The van der Waals surface area contributed by atoms with E-state index in [0.717, 1.165) is 11.1 Å². The van der Waals surface area contributed by atoms with Gasteiger partial charge in [-0.2, -0.15) is 0 Å². The maximum absolute atomic E-state index is 13.0. The van der Waals surface area contributed by atoms with Crippen LogP contribution in [0.4, 0.5) is 5.69 Å². The fourth-order valence-corrected chi connectivity index (χ4v) is 3.62. The first kappa shape index (κ1) is 17.8. The van der Waals surface area contributed by atoms with E-state index in [4.69, 9.17) is 4.42 Å². The Morgan fingerprint density at radius 1 is 1.00 bits per heavy atom. The van der Waals surface area contributed by atoms with Crippen molar-refractivity contribution in [3.63, 3.8) is 0 Å². The fraction of sp³-hybridized carbons (Fsp3) is 0.130. The Hall–Kier alpha value is -3.60. The van der Waals surface area contributed by atoms with E-state index in [1.165, 1.54) is 11.2 Å². The molecule has 1 fully saturated rings. The second-order valence-electron chi connectivity index (χ2n) is 6.84. The van der Waals surface area contributed by atoms with Gasteiger partial charge in [0.15, 0.2) is 0 Å². The van der Waals surface area contributed by atoms with Crippen LogP contribution in [-0.4, -0.2) is 16.8 Å². The Kier molecular flexibility index (Phi) is 4.35. The summed E-state index contributed by atoms with van der Waals surface area (Å²) in [6.07, 6.45) is 1.49. The maximum Gasteiger partial charge on any atom is 0.300 e. The number of carbonyl (C=O) groups excluding carboxylic acids is 2. The SMILES string of the molecule is Cc1ccc(N2C(=O)C(=O)/C(=C(\O)c3ccccc3)C2c2ccco2)c(C)c1. The zero-order valence-electron chi connectivity index (χ0n) is 15.5. The number of aliphatic hydroxyl groups is 1. The highest BCUT2D eigenvalue weighted by Crippen LogP contribution is 2.43. The van der Waals surface area contributed by atoms with Crippen LogP contribution in [0.5, 0.6) is 0 Å². The number of aryl methyl sites for hydroxylation is 2. The molecule has 4 rings (SSSR count). The largest absolute Gasteiger partial charge is 0.507 e. The van der Waals surface area contributed by atoms with E-state index in [1.807, 2.05) is 38.1 Å². The highest BCUT2D eigenvalue weighted by molar-refractivity contribution is 6.51. The molecule has 1 atom stereocenters. The predicted molar refractivity (Wildman–Crippen MR) is 106 cm³/mol. The van der Waals surface area contributed by atoms with E-state index >= 15 is 0 Å². The number of carbonyl (C=O) groups is 2. The molecule has 1 amide bonds. The molecule has 1 unspecified atom stereocenters. The lowest BCUT2D eigenvalue weighted by Gasteiger charge is -2.25. The van der Waals surface area contributed by atoms with E-state index in [-0.39, 0.29) is 11.3 Å². The summed E-state index contributed by atoms with van der Waals surface area (Å²) in [6.45, 7) is 3.85. The molecule has 0 bridgehead atoms. The number of ketones is 1. The number of amides is 1. The summed E-state index contributed by atoms with van der Waals surface area (Å²) < 4.78 is 5.55. The summed E-state index contributed by atoms with van der Waals surface area (Å²) in [5.41, 5.74) is 3.01. The van der Waals surface area contributed by atoms with Gasteiger partial charge in [0, 0.05) is 11.3 Å². The normalized spacial score (nSPS) is 18.6. The van der Waals surface area contributed by atoms with Crippen LogP contribution < -0.4 is 4.90 Å². The average Bonchev–Trinajstić information content (AvgIpc) is 3.30. The Morgan fingerprint density at radius 2 is 1.75 bits per heavy atom. The lowest BCUT2D eigenvalue weighted by atomic mass is 9.99. The van der Waals surface area contributed by atoms with Crippen LogP contribution in [0.25, 0.3) is 5.76 Å². The third kappa shape index (κ3) is 2.81. The summed E-state index contributed by atoms with van der Waals surface area (Å²) in [4.78, 5) is 27.3. The molecule has 1 aliphatic heterocycles. The molecular formula is C23H19NO4. The second-order valence-corrected chi connectivity index (χ2v) is 6.84. The summed E-state index contributed by atoms with van der Waals surface area (Å²) in [5.74, 6) is -1.22. The van der Waals surface area contributed by atoms with Crippen molar-refractivity contribution < 1.29 is 19.1 Å². The zero-order valence-corrected chi connectivity index (χ0v) is 15.5. The second kappa shape index (κ2) is 6.85. The molecule has 3 aromatic rings. The Morgan fingerprint density at radius 3 is 2.39 bits per heavy atom. The minimum absolute atomic E-state index is 0.0196. The highest BCUT2D eigenvalue weighted by atomic mass is 16.3. The molecule has 1 aliphatic rings. The average molecular weight is 373 g/mol. The van der Waals surface area contributed by atoms with Crippen molar-refractivity contribution in [1.82, 2.24) is 0 Å². The van der Waals surface area contributed by atoms with Crippen molar-refractivity contribution in [2.45, 2.75) is 19.9 Å². The number of rotatable bonds is 3. The van der Waals surface area contributed by atoms with E-state index in [1.54, 1.807) is 36.4 Å². The lowest BCUT2D eigenvalue weighted by Crippen LogP contribution is -2.30. The Labute approximate surface area is 162 Å². The highest BCUT2D eigenvalue weighted by Gasteiger charge is 2.48. The number of nitrogens with zero attached hydrogens (tertiary/aromatic N) is 1. The topological polar surface area (TPSA) is 70.8 Å². The van der Waals surface area contributed by atoms with Crippen LogP contribution in [0.3, 0.4) is 0 Å². The van der Waals surface area contributed by atoms with Crippen molar-refractivity contribution in [2.24, 2.45) is 0 Å². The molecule has 5 nitrogen and oxygen atoms in total. The smallest absolute Gasteiger partial charge is 0.300 e. The molecule has 0 radical (unpaired) electrons. The number of hydrogen-bond acceptors (Lipinski definition) is 4. The van der Waals surface area contributed by atoms with Crippen molar-refractivity contribution in [1.29, 1.82) is 0 Å². The van der Waals surface area contributed by atoms with Crippen LogP contribution in [0.1, 0.15) is 28.5 Å². The van der Waals surface area contributed by atoms with Gasteiger partial charge in [0.2, 0.25) is 0 Å². The van der Waals surface area contributed by atoms with Gasteiger partial charge in [-0.1, -0.05) is 48.0 Å². The molecule has 1 aromatic heterocycles. The number of anilines is 1. The first-order valence-corrected chi connectivity index (χ1v) is 8.96. The fourth-order valence-electron chi connectivity index (χ4n) is 3.62. The van der Waals surface area contributed by atoms with Gasteiger partial charge in [0.25, 0.3) is 11.7 Å². The minimum atomic E-state index is -0.836. The quantitative estimate of drug-likeness (QED) is 0.416. The molecule has 0 saturated carbocycles. The first-order valence-electron chi connectivity index (χ1n) is 8.96. The molecular weight excluding hydrogens is 354 g/mol. The zero-order chi connectivity index (χ0) is 19.8. The van der Waals surface area contributed by atoms with Gasteiger partial charge in [-0.05, 0) is 37.6 Å². The van der Waals surface area contributed by atoms with Crippen LogP contribution in [0.15, 0.2) is 76.9 Å². The summed E-state index contributed by atoms with van der Waals surface area (Å²) in [5, 5.41) is 10.9. The van der Waals surface area contributed by atoms with Gasteiger partial charge in [0.1, 0.15) is 17.6 Å². The maximum atomic E-state index is 13.0. The van der Waals surface area contributed by atoms with Crippen molar-refractivity contribution in [2.75, 3.05) is 4.90 Å². The lowest BCUT2D eigenvalue weighted by molar-refractivity contribution is -0.132. The third-order valence-electron chi connectivity index (χ3n) is 4.92. The molecule has 28 heavy (non-hydrogen) atoms. The first-order chi connectivity index (χ1) is 13.5. The molecule has 0 aliphatic carbocycles. The van der Waals surface area contributed by atoms with Crippen LogP contribution in [0, 0.1) is 13.8 Å². The Bertz CT molecular complexity index is 1080. The van der Waals surface area contributed by atoms with E-state index in [2.05, 4.69) is 0 Å². The molecule has 140 valence electrons. The third-order valence-corrected chi connectivity index (χ3v) is 4.92. The Balaban J connectivity index is 1.95. The molecule has 2 heterocycles. The van der Waals surface area contributed by atoms with Gasteiger partial charge >= 0.3 is 0 Å². The summed E-state index contributed by atoms with van der Waals surface area (Å²) in [6, 6.07) is 16.9. The number of hydrogen-bond donors (Lipinski definition) is 1. The number of benzene rings is 2. The van der Waals surface area contributed by atoms with Gasteiger partial charge in [0.05, 0.1) is 11.8 Å². The van der Waals surface area contributed by atoms with Crippen molar-refractivity contribution in [3.05, 3.63) is 95.0 Å². The van der Waals surface area contributed by atoms with Gasteiger partial charge < -0.3 is 9.52 Å². The van der Waals surface area contributed by atoms with Gasteiger partial charge in [-0.3, -0.25) is 14.5 Å². The van der Waals surface area contributed by atoms with Crippen molar-refractivity contribution >= 4 is 23.1 Å². The molecule has 5 heteroatoms. The number of Topliss-reactive ketones (excluding diaryl/α,β-unsaturated/α-hetero) is 1. The van der Waals surface area contributed by atoms with Crippen molar-refractivity contribution in [3.8, 4) is 0 Å². The molecule has 2 aromatic carbocycles. The molecule has 1 N–H and O–H groups in total. The summed E-state index contributed by atoms with van der Waals surface area (Å²) in [7, 11) is 0. The van der Waals surface area contributed by atoms with Gasteiger partial charge in [-0.25, -0.2) is 0 Å². The van der Waals surface area contributed by atoms with Crippen LogP contribution in [0.2, 0.25) is 0 Å². The molecule has 0 spiro atoms. The number of furan rings is 1. The van der Waals surface area contributed by atoms with Crippen LogP contribution in [-0.2, 0) is 9.59 Å². The van der Waals surface area contributed by atoms with Gasteiger partial charge in [-0.15, -0.1) is 0 Å². The standard InChI is InChI=1S/C23H19NO4/c1-14-10-11-17(15(2)13-14)24-20(18-9-6-12-28-18)19(22(26)23(24)27)21(25)16-7-4-3-5-8-16/h3-13,20,25H,1-2H3/b21-19-. The van der Waals surface area contributed by atoms with E-state index in [0.29, 0.717) is 17.0 Å². The van der Waals surface area contributed by atoms with Crippen LogP contribution >= 0.6 is 0 Å².